The van der Waals surface area contributed by atoms with Gasteiger partial charge in [0, 0.05) is 11.0 Å². The molecule has 1 heterocycles. The van der Waals surface area contributed by atoms with Gasteiger partial charge in [-0.25, -0.2) is 0 Å². The van der Waals surface area contributed by atoms with E-state index in [1.54, 1.807) is 0 Å². The quantitative estimate of drug-likeness (QED) is 0.229. The van der Waals surface area contributed by atoms with Crippen molar-refractivity contribution in [2.45, 2.75) is 0 Å². The molecule has 0 aromatic carbocycles. The molecule has 6 nitrogen and oxygen atoms in total. The van der Waals surface area contributed by atoms with E-state index in [2.05, 4.69) is 16.2 Å². The van der Waals surface area contributed by atoms with Crippen molar-refractivity contribution in [2.24, 2.45) is 0 Å². The number of carbonyl (C=O) groups is 1. The summed E-state index contributed by atoms with van der Waals surface area (Å²) in [7, 11) is 0. The molecule has 0 spiro atoms. The van der Waals surface area contributed by atoms with Crippen LogP contribution in [0.3, 0.4) is 0 Å². The van der Waals surface area contributed by atoms with Gasteiger partial charge in [0.2, 0.25) is 0 Å². The van der Waals surface area contributed by atoms with Gasteiger partial charge >= 0.3 is 18.9 Å². The van der Waals surface area contributed by atoms with Crippen LogP contribution in [0, 0.1) is 6.20 Å². The zero-order valence-corrected chi connectivity index (χ0v) is 7.62. The van der Waals surface area contributed by atoms with Crippen molar-refractivity contribution < 1.29 is 28.8 Å². The van der Waals surface area contributed by atoms with E-state index in [0.29, 0.717) is 0 Å². The summed E-state index contributed by atoms with van der Waals surface area (Å²) in [6, 6.07) is 0. The second-order valence-corrected chi connectivity index (χ2v) is 1.86. The topological polar surface area (TPSA) is 115 Å². The van der Waals surface area contributed by atoms with Crippen LogP contribution in [-0.4, -0.2) is 21.5 Å². The standard InChI is InChI=1S/C4H4ClN4.CH2O2.Li/c5-3-4(7)9-2(6)1-8-3;2-1-3;/h(H4,6,7,9);1H,(H,2,3);/q-1;;+1. The van der Waals surface area contributed by atoms with E-state index in [1.807, 2.05) is 0 Å². The molecule has 5 N–H and O–H groups in total. The molecule has 0 bridgehead atoms. The minimum Gasteiger partial charge on any atom is -0.483 e. The fourth-order valence-electron chi connectivity index (χ4n) is 0.365. The SMILES string of the molecule is Nc1[c-]nc(Cl)c(N)n1.O=CO.[Li+]. The third kappa shape index (κ3) is 6.22. The van der Waals surface area contributed by atoms with Gasteiger partial charge in [0.25, 0.3) is 6.47 Å². The monoisotopic (exact) mass is 196 g/mol. The summed E-state index contributed by atoms with van der Waals surface area (Å²) in [5, 5.41) is 7.02. The van der Waals surface area contributed by atoms with E-state index in [9.17, 15) is 0 Å². The van der Waals surface area contributed by atoms with Gasteiger partial charge in [-0.15, -0.1) is 6.20 Å². The molecule has 0 saturated carbocycles. The third-order valence-corrected chi connectivity index (χ3v) is 0.999. The summed E-state index contributed by atoms with van der Waals surface area (Å²) in [4.78, 5) is 15.4. The molecule has 1 aromatic heterocycles. The fourth-order valence-corrected chi connectivity index (χ4v) is 0.449. The number of nitrogens with two attached hydrogens (primary N) is 2. The van der Waals surface area contributed by atoms with E-state index in [4.69, 9.17) is 33.0 Å². The number of carboxylic acid groups (broad SMARTS) is 1. The first-order valence-corrected chi connectivity index (χ1v) is 3.03. The Kier molecular flexibility index (Phi) is 8.59. The maximum absolute atomic E-state index is 8.36. The minimum atomic E-state index is -0.250. The molecule has 13 heavy (non-hydrogen) atoms. The van der Waals surface area contributed by atoms with Gasteiger partial charge < -0.3 is 21.6 Å². The van der Waals surface area contributed by atoms with Crippen LogP contribution in [0.1, 0.15) is 0 Å². The normalized spacial score (nSPS) is 7.46. The second-order valence-electron chi connectivity index (χ2n) is 1.50. The summed E-state index contributed by atoms with van der Waals surface area (Å²) >= 11 is 5.40. The molecule has 1 aromatic rings. The second kappa shape index (κ2) is 7.67. The Morgan fingerprint density at radius 3 is 2.31 bits per heavy atom. The fraction of sp³-hybridized carbons (Fsp3) is 0. The Morgan fingerprint density at radius 1 is 1.54 bits per heavy atom. The van der Waals surface area contributed by atoms with Gasteiger partial charge in [-0.3, -0.25) is 9.78 Å². The molecular formula is C5H6ClLiN4O2. The van der Waals surface area contributed by atoms with Crippen LogP contribution in [0.15, 0.2) is 0 Å². The largest absolute Gasteiger partial charge is 1.00 e. The van der Waals surface area contributed by atoms with Crippen LogP contribution < -0.4 is 30.3 Å². The molecule has 1 rings (SSSR count). The van der Waals surface area contributed by atoms with Crippen molar-refractivity contribution in [2.75, 3.05) is 11.5 Å². The Bertz CT molecular complexity index is 273. The number of nitrogens with zero attached hydrogens (tertiary/aromatic N) is 2. The van der Waals surface area contributed by atoms with Gasteiger partial charge in [-0.1, -0.05) is 0 Å². The number of aromatic nitrogens is 2. The Morgan fingerprint density at radius 2 is 2.00 bits per heavy atom. The predicted molar refractivity (Wildman–Crippen MR) is 43.4 cm³/mol. The van der Waals surface area contributed by atoms with Gasteiger partial charge in [-0.2, -0.15) is 11.6 Å². The third-order valence-electron chi connectivity index (χ3n) is 0.721. The first-order valence-electron chi connectivity index (χ1n) is 2.65. The molecule has 0 amide bonds. The summed E-state index contributed by atoms with van der Waals surface area (Å²) < 4.78 is 0. The van der Waals surface area contributed by atoms with Crippen molar-refractivity contribution in [3.8, 4) is 0 Å². The number of anilines is 2. The average molecular weight is 197 g/mol. The predicted octanol–water partition coefficient (Wildman–Crippen LogP) is -3.20. The van der Waals surface area contributed by atoms with Crippen molar-refractivity contribution in [1.82, 2.24) is 9.97 Å². The van der Waals surface area contributed by atoms with Gasteiger partial charge in [0.15, 0.2) is 0 Å². The van der Waals surface area contributed by atoms with E-state index in [0.717, 1.165) is 0 Å². The zero-order valence-electron chi connectivity index (χ0n) is 6.86. The number of hydrogen-bond donors (Lipinski definition) is 3. The smallest absolute Gasteiger partial charge is 0.483 e. The summed E-state index contributed by atoms with van der Waals surface area (Å²) in [5.74, 6) is 0.282. The van der Waals surface area contributed by atoms with Crippen molar-refractivity contribution in [3.05, 3.63) is 11.3 Å². The molecule has 8 heteroatoms. The molecule has 0 radical (unpaired) electrons. The first-order chi connectivity index (χ1) is 5.61. The van der Waals surface area contributed by atoms with E-state index in [-0.39, 0.29) is 42.1 Å². The summed E-state index contributed by atoms with van der Waals surface area (Å²) in [6.45, 7) is -0.250. The Hall–Kier alpha value is -0.963. The molecule has 0 atom stereocenters. The van der Waals surface area contributed by atoms with Crippen molar-refractivity contribution in [3.63, 3.8) is 0 Å². The average Bonchev–Trinajstić information content (AvgIpc) is 1.99. The Labute approximate surface area is 91.5 Å². The maximum atomic E-state index is 8.36. The summed E-state index contributed by atoms with van der Waals surface area (Å²) in [6.07, 6.45) is 2.35. The molecule has 0 unspecified atom stereocenters. The molecule has 0 aliphatic heterocycles. The Balaban J connectivity index is 0. The zero-order chi connectivity index (χ0) is 9.56. The van der Waals surface area contributed by atoms with Gasteiger partial charge in [-0.05, 0) is 0 Å². The van der Waals surface area contributed by atoms with Crippen LogP contribution >= 0.6 is 11.6 Å². The van der Waals surface area contributed by atoms with Crippen LogP contribution in [-0.2, 0) is 4.79 Å². The van der Waals surface area contributed by atoms with Crippen LogP contribution in [0.4, 0.5) is 11.6 Å². The van der Waals surface area contributed by atoms with Crippen molar-refractivity contribution >= 4 is 29.7 Å². The van der Waals surface area contributed by atoms with Gasteiger partial charge in [0.1, 0.15) is 0 Å². The summed E-state index contributed by atoms with van der Waals surface area (Å²) in [5.41, 5.74) is 10.4. The minimum absolute atomic E-state index is 0. The first kappa shape index (κ1) is 14.6. The molecule has 0 aliphatic rings. The molecule has 66 valence electrons. The van der Waals surface area contributed by atoms with Crippen LogP contribution in [0.25, 0.3) is 0 Å². The van der Waals surface area contributed by atoms with E-state index < -0.39 is 0 Å². The number of rotatable bonds is 0. The number of halogens is 1. The molecule has 0 saturated heterocycles. The maximum Gasteiger partial charge on any atom is 1.00 e. The number of nitrogen functional groups attached to an aromatic ring is 2. The van der Waals surface area contributed by atoms with Gasteiger partial charge in [0.05, 0.1) is 5.82 Å². The van der Waals surface area contributed by atoms with Crippen LogP contribution in [0.5, 0.6) is 0 Å². The molecule has 0 fully saturated rings. The number of hydrogen-bond acceptors (Lipinski definition) is 5. The van der Waals surface area contributed by atoms with E-state index in [1.165, 1.54) is 0 Å². The molecular weight excluding hydrogens is 190 g/mol. The van der Waals surface area contributed by atoms with E-state index >= 15 is 0 Å². The van der Waals surface area contributed by atoms with Crippen molar-refractivity contribution in [1.29, 1.82) is 0 Å². The molecule has 0 aliphatic carbocycles. The van der Waals surface area contributed by atoms with Crippen LogP contribution in [0.2, 0.25) is 5.15 Å².